The van der Waals surface area contributed by atoms with Crippen LogP contribution in [0.4, 0.5) is 4.79 Å². The maximum atomic E-state index is 13.6. The summed E-state index contributed by atoms with van der Waals surface area (Å²) in [6, 6.07) is 17.7. The van der Waals surface area contributed by atoms with Gasteiger partial charge in [0.2, 0.25) is 5.91 Å². The van der Waals surface area contributed by atoms with Crippen LogP contribution in [0.15, 0.2) is 72.4 Å². The number of fused-ring (bicyclic) bond motifs is 1. The number of aromatic nitrogens is 1. The number of amides is 2. The summed E-state index contributed by atoms with van der Waals surface area (Å²) in [7, 11) is 0. The molecule has 2 amide bonds. The largest absolute Gasteiger partial charge is 0.443 e. The molecule has 7 atom stereocenters. The molecule has 2 fully saturated rings. The molecule has 0 spiro atoms. The number of ether oxygens (including phenoxy) is 3. The van der Waals surface area contributed by atoms with E-state index in [1.165, 1.54) is 11.3 Å². The van der Waals surface area contributed by atoms with Gasteiger partial charge < -0.3 is 30.0 Å². The van der Waals surface area contributed by atoms with Crippen molar-refractivity contribution >= 4 is 23.3 Å². The average Bonchev–Trinajstić information content (AvgIpc) is 3.81. The minimum absolute atomic E-state index is 0.00202. The lowest BCUT2D eigenvalue weighted by Crippen LogP contribution is -2.53. The normalized spacial score (nSPS) is 21.7. The molecule has 4 N–H and O–H groups in total. The van der Waals surface area contributed by atoms with Crippen LogP contribution in [0.1, 0.15) is 42.7 Å². The predicted octanol–water partition coefficient (Wildman–Crippen LogP) is 3.77. The first-order valence-corrected chi connectivity index (χ1v) is 16.7. The molecule has 3 aromatic rings. The lowest BCUT2D eigenvalue weighted by Gasteiger charge is -2.30. The molecule has 2 aromatic carbocycles. The van der Waals surface area contributed by atoms with Crippen LogP contribution in [-0.4, -0.2) is 71.9 Å². The van der Waals surface area contributed by atoms with Crippen molar-refractivity contribution < 1.29 is 33.7 Å². The summed E-state index contributed by atoms with van der Waals surface area (Å²) < 4.78 is 17.0. The number of nitrogens with one attached hydrogen (secondary N) is 3. The number of aliphatic hydroxyl groups excluding tert-OH is 1. The van der Waals surface area contributed by atoms with Crippen LogP contribution in [0.5, 0.6) is 0 Å². The number of benzene rings is 2. The molecule has 0 saturated carbocycles. The van der Waals surface area contributed by atoms with Crippen molar-refractivity contribution in [2.45, 2.75) is 82.8 Å². The quantitative estimate of drug-likeness (QED) is 0.170. The number of aliphatic hydroxyl groups is 1. The molecular weight excluding hydrogens is 608 g/mol. The van der Waals surface area contributed by atoms with Gasteiger partial charge in [-0.15, -0.1) is 11.3 Å². The summed E-state index contributed by atoms with van der Waals surface area (Å²) >= 11 is 1.47. The Morgan fingerprint density at radius 3 is 2.41 bits per heavy atom. The van der Waals surface area contributed by atoms with Gasteiger partial charge in [-0.05, 0) is 42.7 Å². The van der Waals surface area contributed by atoms with E-state index in [1.54, 1.807) is 11.7 Å². The Bertz CT molecular complexity index is 1350. The van der Waals surface area contributed by atoms with Gasteiger partial charge >= 0.3 is 6.09 Å². The molecule has 1 aromatic heterocycles. The fourth-order valence-corrected chi connectivity index (χ4v) is 6.37. The van der Waals surface area contributed by atoms with Crippen molar-refractivity contribution in [1.82, 2.24) is 21.1 Å². The fourth-order valence-electron chi connectivity index (χ4n) is 5.87. The Morgan fingerprint density at radius 2 is 1.74 bits per heavy atom. The summed E-state index contributed by atoms with van der Waals surface area (Å²) in [6.45, 7) is 5.02. The van der Waals surface area contributed by atoms with E-state index >= 15 is 0 Å². The van der Waals surface area contributed by atoms with Crippen molar-refractivity contribution in [3.8, 4) is 0 Å². The second-order valence-corrected chi connectivity index (χ2v) is 13.2. The number of alkyl carbamates (subject to hydrolysis) is 1. The minimum Gasteiger partial charge on any atom is -0.443 e. The van der Waals surface area contributed by atoms with Crippen molar-refractivity contribution in [2.75, 3.05) is 13.2 Å². The van der Waals surface area contributed by atoms with Gasteiger partial charge in [0.1, 0.15) is 18.8 Å². The van der Waals surface area contributed by atoms with Gasteiger partial charge in [0.15, 0.2) is 6.29 Å². The molecule has 0 aliphatic carbocycles. The van der Waals surface area contributed by atoms with E-state index in [0.29, 0.717) is 19.4 Å². The topological polar surface area (TPSA) is 140 Å². The number of hydrogen-bond donors (Lipinski definition) is 4. The van der Waals surface area contributed by atoms with Crippen molar-refractivity contribution in [3.05, 3.63) is 88.4 Å². The molecule has 2 saturated heterocycles. The van der Waals surface area contributed by atoms with Crippen LogP contribution >= 0.6 is 11.3 Å². The number of hydrogen-bond acceptors (Lipinski definition) is 10. The first kappa shape index (κ1) is 34.0. The highest BCUT2D eigenvalue weighted by atomic mass is 32.1. The SMILES string of the molecule is CC(C)[C@H](NOCc1cncs1)C(=O)N[C@@H](Cc1ccccc1)C[C@H](O)[C@H](Cc1ccccc1)NC(=O)OC1COC2OCCC12. The molecule has 2 aliphatic rings. The van der Waals surface area contributed by atoms with Crippen LogP contribution in [0.3, 0.4) is 0 Å². The second kappa shape index (κ2) is 17.0. The molecule has 0 bridgehead atoms. The molecule has 2 aliphatic heterocycles. The Hall–Kier alpha value is -3.39. The molecule has 12 heteroatoms. The van der Waals surface area contributed by atoms with Gasteiger partial charge in [0, 0.05) is 12.2 Å². The first-order chi connectivity index (χ1) is 22.4. The highest BCUT2D eigenvalue weighted by Gasteiger charge is 2.44. The Labute approximate surface area is 274 Å². The van der Waals surface area contributed by atoms with E-state index in [4.69, 9.17) is 19.0 Å². The highest BCUT2D eigenvalue weighted by molar-refractivity contribution is 7.09. The second-order valence-electron chi connectivity index (χ2n) is 12.2. The zero-order valence-electron chi connectivity index (χ0n) is 26.2. The lowest BCUT2D eigenvalue weighted by molar-refractivity contribution is -0.130. The lowest BCUT2D eigenvalue weighted by atomic mass is 9.93. The first-order valence-electron chi connectivity index (χ1n) is 15.9. The van der Waals surface area contributed by atoms with E-state index in [1.807, 2.05) is 74.5 Å². The third-order valence-electron chi connectivity index (χ3n) is 8.36. The third kappa shape index (κ3) is 9.81. The zero-order chi connectivity index (χ0) is 32.3. The van der Waals surface area contributed by atoms with Gasteiger partial charge in [-0.2, -0.15) is 5.48 Å². The monoisotopic (exact) mass is 652 g/mol. The Balaban J connectivity index is 1.27. The standard InChI is InChI=1S/C34H44N4O7S/c1-22(2)31(38-44-19-26-18-35-21-46-26)32(40)36-25(15-23-9-5-3-6-10-23)17-29(39)28(16-24-11-7-4-8-12-24)37-34(41)45-30-20-43-33-27(30)13-14-42-33/h3-12,18,21-22,25,27-31,33,38-39H,13-17,19-20H2,1-2H3,(H,36,40)(H,37,41)/t25-,27?,28-,29-,30?,31-,33?/m0/s1. The average molecular weight is 653 g/mol. The van der Waals surface area contributed by atoms with E-state index < -0.39 is 36.4 Å². The van der Waals surface area contributed by atoms with E-state index in [2.05, 4.69) is 21.1 Å². The highest BCUT2D eigenvalue weighted by Crippen LogP contribution is 2.33. The van der Waals surface area contributed by atoms with Crippen molar-refractivity contribution in [1.29, 1.82) is 0 Å². The van der Waals surface area contributed by atoms with Crippen LogP contribution in [-0.2, 0) is 43.3 Å². The number of carbonyl (C=O) groups excluding carboxylic acids is 2. The van der Waals surface area contributed by atoms with Gasteiger partial charge in [0.05, 0.1) is 41.7 Å². The van der Waals surface area contributed by atoms with Crippen LogP contribution in [0.2, 0.25) is 0 Å². The summed E-state index contributed by atoms with van der Waals surface area (Å²) in [6.07, 6.45) is 1.17. The molecule has 3 unspecified atom stereocenters. The van der Waals surface area contributed by atoms with Crippen LogP contribution in [0.25, 0.3) is 0 Å². The molecule has 248 valence electrons. The van der Waals surface area contributed by atoms with Gasteiger partial charge in [-0.25, -0.2) is 4.79 Å². The van der Waals surface area contributed by atoms with Crippen LogP contribution in [0, 0.1) is 11.8 Å². The van der Waals surface area contributed by atoms with Crippen molar-refractivity contribution in [2.24, 2.45) is 11.8 Å². The van der Waals surface area contributed by atoms with Gasteiger partial charge in [-0.1, -0.05) is 74.5 Å². The Morgan fingerprint density at radius 1 is 1.02 bits per heavy atom. The maximum Gasteiger partial charge on any atom is 0.407 e. The number of nitrogens with zero attached hydrogens (tertiary/aromatic N) is 1. The van der Waals surface area contributed by atoms with Crippen molar-refractivity contribution in [3.63, 3.8) is 0 Å². The molecular formula is C34H44N4O7S. The molecule has 0 radical (unpaired) electrons. The number of thiazole rings is 1. The van der Waals surface area contributed by atoms with Gasteiger partial charge in [-0.3, -0.25) is 14.6 Å². The fraction of sp³-hybridized carbons (Fsp3) is 0.500. The minimum atomic E-state index is -1.00. The van der Waals surface area contributed by atoms with E-state index in [-0.39, 0.29) is 43.7 Å². The maximum absolute atomic E-state index is 13.6. The van der Waals surface area contributed by atoms with E-state index in [9.17, 15) is 14.7 Å². The van der Waals surface area contributed by atoms with Crippen LogP contribution < -0.4 is 16.1 Å². The zero-order valence-corrected chi connectivity index (χ0v) is 27.1. The summed E-state index contributed by atoms with van der Waals surface area (Å²) in [4.78, 5) is 37.4. The molecule has 46 heavy (non-hydrogen) atoms. The summed E-state index contributed by atoms with van der Waals surface area (Å²) in [5.74, 6) is -0.313. The third-order valence-corrected chi connectivity index (χ3v) is 9.12. The number of hydroxylamine groups is 1. The summed E-state index contributed by atoms with van der Waals surface area (Å²) in [5.41, 5.74) is 6.61. The number of carbonyl (C=O) groups is 2. The smallest absolute Gasteiger partial charge is 0.407 e. The van der Waals surface area contributed by atoms with Gasteiger partial charge in [0.25, 0.3) is 0 Å². The molecule has 3 heterocycles. The number of rotatable bonds is 16. The predicted molar refractivity (Wildman–Crippen MR) is 173 cm³/mol. The Kier molecular flexibility index (Phi) is 12.5. The summed E-state index contributed by atoms with van der Waals surface area (Å²) in [5, 5.41) is 17.7. The molecule has 5 rings (SSSR count). The van der Waals surface area contributed by atoms with E-state index in [0.717, 1.165) is 22.4 Å². The molecule has 11 nitrogen and oxygen atoms in total.